The number of carbonyl (C=O) groups is 1. The van der Waals surface area contributed by atoms with Gasteiger partial charge in [-0.3, -0.25) is 9.78 Å². The van der Waals surface area contributed by atoms with Gasteiger partial charge >= 0.3 is 5.97 Å². The summed E-state index contributed by atoms with van der Waals surface area (Å²) in [5.74, 6) is 0.650. The maximum absolute atomic E-state index is 11.1. The molecule has 0 fully saturated rings. The third kappa shape index (κ3) is 3.45. The summed E-state index contributed by atoms with van der Waals surface area (Å²) in [6.07, 6.45) is 0.0850. The second-order valence-corrected chi connectivity index (χ2v) is 6.65. The van der Waals surface area contributed by atoms with Crippen molar-refractivity contribution in [2.24, 2.45) is 0 Å². The molecule has 1 aliphatic rings. The molecule has 1 aliphatic heterocycles. The van der Waals surface area contributed by atoms with E-state index in [1.807, 2.05) is 45.9 Å². The molecule has 0 aliphatic carbocycles. The van der Waals surface area contributed by atoms with E-state index in [1.54, 1.807) is 0 Å². The summed E-state index contributed by atoms with van der Waals surface area (Å²) >= 11 is 0. The fourth-order valence-electron chi connectivity index (χ4n) is 3.38. The third-order valence-corrected chi connectivity index (χ3v) is 4.70. The van der Waals surface area contributed by atoms with E-state index in [0.717, 1.165) is 45.1 Å². The first-order valence-corrected chi connectivity index (χ1v) is 8.41. The van der Waals surface area contributed by atoms with Gasteiger partial charge in [0, 0.05) is 34.0 Å². The van der Waals surface area contributed by atoms with Crippen LogP contribution < -0.4 is 9.47 Å². The average molecular weight is 341 g/mol. The van der Waals surface area contributed by atoms with E-state index in [0.29, 0.717) is 13.2 Å². The van der Waals surface area contributed by atoms with Gasteiger partial charge in [-0.25, -0.2) is 0 Å². The highest BCUT2D eigenvalue weighted by atomic mass is 16.5. The molecule has 0 spiro atoms. The number of aryl methyl sites for hydroxylation is 3. The minimum Gasteiger partial charge on any atom is -0.492 e. The van der Waals surface area contributed by atoms with Crippen LogP contribution in [-0.4, -0.2) is 22.7 Å². The van der Waals surface area contributed by atoms with Gasteiger partial charge in [0.2, 0.25) is 0 Å². The third-order valence-electron chi connectivity index (χ3n) is 4.70. The van der Waals surface area contributed by atoms with Crippen LogP contribution in [0.25, 0.3) is 0 Å². The molecular formula is C20H23NO4. The van der Waals surface area contributed by atoms with Crippen molar-refractivity contribution in [1.29, 1.82) is 0 Å². The lowest BCUT2D eigenvalue weighted by Crippen LogP contribution is -2.08. The molecule has 5 heteroatoms. The van der Waals surface area contributed by atoms with E-state index in [9.17, 15) is 4.79 Å². The quantitative estimate of drug-likeness (QED) is 0.895. The monoisotopic (exact) mass is 341 g/mol. The number of aromatic nitrogens is 1. The molecule has 1 unspecified atom stereocenters. The molecule has 3 rings (SSSR count). The van der Waals surface area contributed by atoms with E-state index < -0.39 is 5.97 Å². The average Bonchev–Trinajstić information content (AvgIpc) is 2.94. The highest BCUT2D eigenvalue weighted by Crippen LogP contribution is 2.44. The number of nitrogens with zero attached hydrogens (tertiary/aromatic N) is 1. The standard InChI is InChI=1S/C20H23NO4/c1-11-7-17(24-9-15-6-5-12(2)21-14(15)4)13(3)20-19(11)16(10-25-20)8-18(22)23/h5-7,16H,8-10H2,1-4H3,(H,22,23). The molecule has 5 nitrogen and oxygen atoms in total. The number of hydrogen-bond acceptors (Lipinski definition) is 4. The molecule has 1 aromatic heterocycles. The Balaban J connectivity index is 1.84. The Kier molecular flexibility index (Phi) is 4.66. The number of aliphatic carboxylic acids is 1. The number of rotatable bonds is 5. The lowest BCUT2D eigenvalue weighted by molar-refractivity contribution is -0.137. The molecule has 132 valence electrons. The van der Waals surface area contributed by atoms with Crippen LogP contribution >= 0.6 is 0 Å². The van der Waals surface area contributed by atoms with Crippen molar-refractivity contribution in [2.45, 2.75) is 46.6 Å². The predicted octanol–water partition coefficient (Wildman–Crippen LogP) is 3.84. The second-order valence-electron chi connectivity index (χ2n) is 6.65. The fraction of sp³-hybridized carbons (Fsp3) is 0.400. The van der Waals surface area contributed by atoms with Gasteiger partial charge in [0.25, 0.3) is 0 Å². The number of ether oxygens (including phenoxy) is 2. The first kappa shape index (κ1) is 17.3. The summed E-state index contributed by atoms with van der Waals surface area (Å²) in [5, 5.41) is 9.08. The number of hydrogen-bond donors (Lipinski definition) is 1. The molecule has 1 atom stereocenters. The summed E-state index contributed by atoms with van der Waals surface area (Å²) in [6.45, 7) is 8.73. The summed E-state index contributed by atoms with van der Waals surface area (Å²) < 4.78 is 11.8. The molecule has 25 heavy (non-hydrogen) atoms. The predicted molar refractivity (Wildman–Crippen MR) is 94.4 cm³/mol. The Bertz CT molecular complexity index is 829. The van der Waals surface area contributed by atoms with Crippen molar-refractivity contribution in [3.8, 4) is 11.5 Å². The molecule has 0 bridgehead atoms. The van der Waals surface area contributed by atoms with Crippen LogP contribution in [0.1, 0.15) is 46.0 Å². The number of carboxylic acid groups (broad SMARTS) is 1. The van der Waals surface area contributed by atoms with E-state index in [4.69, 9.17) is 14.6 Å². The zero-order chi connectivity index (χ0) is 18.1. The molecule has 0 saturated carbocycles. The summed E-state index contributed by atoms with van der Waals surface area (Å²) in [7, 11) is 0. The Morgan fingerprint density at radius 2 is 2.08 bits per heavy atom. The molecule has 0 amide bonds. The van der Waals surface area contributed by atoms with Gasteiger partial charge in [-0.15, -0.1) is 0 Å². The van der Waals surface area contributed by atoms with E-state index in [-0.39, 0.29) is 12.3 Å². The highest BCUT2D eigenvalue weighted by molar-refractivity contribution is 5.69. The smallest absolute Gasteiger partial charge is 0.304 e. The van der Waals surface area contributed by atoms with Gasteiger partial charge in [0.05, 0.1) is 13.0 Å². The van der Waals surface area contributed by atoms with Crippen LogP contribution in [0.15, 0.2) is 18.2 Å². The zero-order valence-electron chi connectivity index (χ0n) is 15.0. The van der Waals surface area contributed by atoms with Crippen LogP contribution in [0.3, 0.4) is 0 Å². The number of carboxylic acids is 1. The van der Waals surface area contributed by atoms with Crippen molar-refractivity contribution in [1.82, 2.24) is 4.98 Å². The van der Waals surface area contributed by atoms with Crippen molar-refractivity contribution >= 4 is 5.97 Å². The molecule has 2 heterocycles. The molecule has 2 aromatic rings. The fourth-order valence-corrected chi connectivity index (χ4v) is 3.38. The lowest BCUT2D eigenvalue weighted by atomic mass is 9.92. The topological polar surface area (TPSA) is 68.7 Å². The normalized spacial score (nSPS) is 15.6. The second kappa shape index (κ2) is 6.75. The van der Waals surface area contributed by atoms with Crippen molar-refractivity contribution < 1.29 is 19.4 Å². The maximum Gasteiger partial charge on any atom is 0.304 e. The SMILES string of the molecule is Cc1ccc(COc2cc(C)c3c(c2C)OCC3CC(=O)O)c(C)n1. The van der Waals surface area contributed by atoms with Crippen molar-refractivity contribution in [3.63, 3.8) is 0 Å². The van der Waals surface area contributed by atoms with Crippen LogP contribution in [0.4, 0.5) is 0 Å². The van der Waals surface area contributed by atoms with Crippen molar-refractivity contribution in [3.05, 3.63) is 51.8 Å². The van der Waals surface area contributed by atoms with Crippen LogP contribution in [-0.2, 0) is 11.4 Å². The molecule has 0 saturated heterocycles. The number of pyridine rings is 1. The Morgan fingerprint density at radius 1 is 1.32 bits per heavy atom. The first-order valence-electron chi connectivity index (χ1n) is 8.41. The Hall–Kier alpha value is -2.56. The Labute approximate surface area is 147 Å². The minimum atomic E-state index is -0.804. The summed E-state index contributed by atoms with van der Waals surface area (Å²) in [6, 6.07) is 5.99. The highest BCUT2D eigenvalue weighted by Gasteiger charge is 2.30. The van der Waals surface area contributed by atoms with Gasteiger partial charge in [0.15, 0.2) is 0 Å². The van der Waals surface area contributed by atoms with Crippen LogP contribution in [0.2, 0.25) is 0 Å². The van der Waals surface area contributed by atoms with E-state index in [1.165, 1.54) is 0 Å². The largest absolute Gasteiger partial charge is 0.492 e. The van der Waals surface area contributed by atoms with Gasteiger partial charge in [-0.2, -0.15) is 0 Å². The molecule has 1 N–H and O–H groups in total. The number of benzene rings is 1. The first-order chi connectivity index (χ1) is 11.9. The van der Waals surface area contributed by atoms with Crippen LogP contribution in [0, 0.1) is 27.7 Å². The van der Waals surface area contributed by atoms with Gasteiger partial charge in [-0.05, 0) is 45.4 Å². The molecular weight excluding hydrogens is 318 g/mol. The van der Waals surface area contributed by atoms with Crippen molar-refractivity contribution in [2.75, 3.05) is 6.61 Å². The summed E-state index contributed by atoms with van der Waals surface area (Å²) in [4.78, 5) is 15.5. The van der Waals surface area contributed by atoms with Gasteiger partial charge in [0.1, 0.15) is 18.1 Å². The van der Waals surface area contributed by atoms with E-state index in [2.05, 4.69) is 4.98 Å². The lowest BCUT2D eigenvalue weighted by Gasteiger charge is -2.16. The summed E-state index contributed by atoms with van der Waals surface area (Å²) in [5.41, 5.74) is 5.94. The maximum atomic E-state index is 11.1. The van der Waals surface area contributed by atoms with E-state index >= 15 is 0 Å². The minimum absolute atomic E-state index is 0.0850. The van der Waals surface area contributed by atoms with Gasteiger partial charge in [-0.1, -0.05) is 6.07 Å². The molecule has 1 aromatic carbocycles. The Morgan fingerprint density at radius 3 is 2.76 bits per heavy atom. The van der Waals surface area contributed by atoms with Gasteiger partial charge < -0.3 is 14.6 Å². The zero-order valence-corrected chi connectivity index (χ0v) is 15.0. The molecule has 0 radical (unpaired) electrons. The van der Waals surface area contributed by atoms with Crippen LogP contribution in [0.5, 0.6) is 11.5 Å². The number of fused-ring (bicyclic) bond motifs is 1.